The minimum Gasteiger partial charge on any atom is -0.303 e. The first kappa shape index (κ1) is 8.68. The summed E-state index contributed by atoms with van der Waals surface area (Å²) in [5.41, 5.74) is 3.29. The summed E-state index contributed by atoms with van der Waals surface area (Å²) < 4.78 is 1.83. The van der Waals surface area contributed by atoms with Gasteiger partial charge < -0.3 is 5.32 Å². The smallest absolute Gasteiger partial charge is 0.245 e. The number of hydrogen-bond acceptors (Lipinski definition) is 2. The van der Waals surface area contributed by atoms with E-state index in [1.165, 1.54) is 5.56 Å². The average molecular weight is 200 g/mol. The van der Waals surface area contributed by atoms with Crippen molar-refractivity contribution in [2.24, 2.45) is 0 Å². The van der Waals surface area contributed by atoms with Crippen LogP contribution in [-0.2, 0) is 6.54 Å². The molecular formula is C12H12N2O. The highest BCUT2D eigenvalue weighted by molar-refractivity contribution is 5.95. The highest BCUT2D eigenvalue weighted by Crippen LogP contribution is 2.22. The van der Waals surface area contributed by atoms with Gasteiger partial charge in [-0.3, -0.25) is 9.36 Å². The summed E-state index contributed by atoms with van der Waals surface area (Å²) in [6.45, 7) is 3.26. The van der Waals surface area contributed by atoms with Gasteiger partial charge in [-0.1, -0.05) is 12.1 Å². The van der Waals surface area contributed by atoms with E-state index in [1.54, 1.807) is 0 Å². The lowest BCUT2D eigenvalue weighted by molar-refractivity contribution is 0.0900. The van der Waals surface area contributed by atoms with Crippen LogP contribution in [0, 0.1) is 6.92 Å². The van der Waals surface area contributed by atoms with E-state index in [0.717, 1.165) is 23.1 Å². The third kappa shape index (κ3) is 1.20. The van der Waals surface area contributed by atoms with E-state index in [4.69, 9.17) is 0 Å². The molecule has 2 aromatic rings. The average Bonchev–Trinajstić information content (AvgIpc) is 2.57. The first-order valence-electron chi connectivity index (χ1n) is 5.10. The zero-order valence-electron chi connectivity index (χ0n) is 8.58. The van der Waals surface area contributed by atoms with E-state index in [2.05, 4.69) is 29.6 Å². The topological polar surface area (TPSA) is 34.0 Å². The third-order valence-electron chi connectivity index (χ3n) is 2.87. The molecule has 0 aliphatic carbocycles. The predicted molar refractivity (Wildman–Crippen MR) is 59.0 cm³/mol. The molecule has 3 rings (SSSR count). The number of benzene rings is 1. The number of aryl methyl sites for hydroxylation is 1. The summed E-state index contributed by atoms with van der Waals surface area (Å²) in [7, 11) is 0. The first-order chi connectivity index (χ1) is 7.25. The molecule has 76 valence electrons. The molecule has 2 heterocycles. The molecule has 1 aliphatic rings. The summed E-state index contributed by atoms with van der Waals surface area (Å²) in [6, 6.07) is 8.30. The van der Waals surface area contributed by atoms with Crippen LogP contribution in [0.1, 0.15) is 16.1 Å². The third-order valence-corrected chi connectivity index (χ3v) is 2.87. The van der Waals surface area contributed by atoms with Gasteiger partial charge in [0.05, 0.1) is 12.1 Å². The maximum Gasteiger partial charge on any atom is 0.245 e. The van der Waals surface area contributed by atoms with Gasteiger partial charge in [0, 0.05) is 17.6 Å². The van der Waals surface area contributed by atoms with Crippen LogP contribution in [0.15, 0.2) is 24.3 Å². The molecular weight excluding hydrogens is 188 g/mol. The van der Waals surface area contributed by atoms with Gasteiger partial charge in [0.15, 0.2) is 0 Å². The summed E-state index contributed by atoms with van der Waals surface area (Å²) in [4.78, 5) is 11.8. The van der Waals surface area contributed by atoms with Crippen molar-refractivity contribution in [1.29, 1.82) is 0 Å². The summed E-state index contributed by atoms with van der Waals surface area (Å²) >= 11 is 0. The SMILES string of the molecule is Cc1ccc2cc3n(c2c1)C(=O)CNC3. The number of carbonyl (C=O) groups is 1. The van der Waals surface area contributed by atoms with E-state index in [0.29, 0.717) is 6.54 Å². The quantitative estimate of drug-likeness (QED) is 0.702. The van der Waals surface area contributed by atoms with Crippen LogP contribution < -0.4 is 5.32 Å². The fraction of sp³-hybridized carbons (Fsp3) is 0.250. The van der Waals surface area contributed by atoms with Gasteiger partial charge in [0.1, 0.15) is 0 Å². The lowest BCUT2D eigenvalue weighted by Gasteiger charge is -2.15. The van der Waals surface area contributed by atoms with Crippen LogP contribution in [-0.4, -0.2) is 17.0 Å². The molecule has 1 N–H and O–H groups in total. The van der Waals surface area contributed by atoms with Crippen molar-refractivity contribution in [2.45, 2.75) is 13.5 Å². The molecule has 0 amide bonds. The fourth-order valence-corrected chi connectivity index (χ4v) is 2.17. The number of carbonyl (C=O) groups excluding carboxylic acids is 1. The molecule has 15 heavy (non-hydrogen) atoms. The van der Waals surface area contributed by atoms with Crippen LogP contribution >= 0.6 is 0 Å². The number of nitrogens with zero attached hydrogens (tertiary/aromatic N) is 1. The molecule has 0 spiro atoms. The molecule has 0 atom stereocenters. The molecule has 0 saturated heterocycles. The highest BCUT2D eigenvalue weighted by Gasteiger charge is 2.18. The molecule has 0 saturated carbocycles. The lowest BCUT2D eigenvalue weighted by Crippen LogP contribution is -2.34. The highest BCUT2D eigenvalue weighted by atomic mass is 16.2. The van der Waals surface area contributed by atoms with Gasteiger partial charge in [-0.25, -0.2) is 0 Å². The minimum absolute atomic E-state index is 0.136. The Bertz CT molecular complexity index is 554. The van der Waals surface area contributed by atoms with Crippen LogP contribution in [0.2, 0.25) is 0 Å². The number of nitrogens with one attached hydrogen (secondary N) is 1. The van der Waals surface area contributed by atoms with Crippen molar-refractivity contribution >= 4 is 16.8 Å². The monoisotopic (exact) mass is 200 g/mol. The molecule has 1 aromatic heterocycles. The summed E-state index contributed by atoms with van der Waals surface area (Å²) in [5, 5.41) is 4.24. The minimum atomic E-state index is 0.136. The number of aromatic nitrogens is 1. The molecule has 0 fully saturated rings. The zero-order chi connectivity index (χ0) is 10.4. The number of hydrogen-bond donors (Lipinski definition) is 1. The van der Waals surface area contributed by atoms with Crippen molar-refractivity contribution in [1.82, 2.24) is 9.88 Å². The van der Waals surface area contributed by atoms with Gasteiger partial charge in [0.25, 0.3) is 0 Å². The van der Waals surface area contributed by atoms with Crippen molar-refractivity contribution in [3.05, 3.63) is 35.5 Å². The second-order valence-electron chi connectivity index (χ2n) is 4.03. The number of fused-ring (bicyclic) bond motifs is 3. The van der Waals surface area contributed by atoms with Crippen molar-refractivity contribution < 1.29 is 4.79 Å². The molecule has 3 nitrogen and oxygen atoms in total. The van der Waals surface area contributed by atoms with Crippen molar-refractivity contribution in [2.75, 3.05) is 6.54 Å². The Labute approximate surface area is 87.7 Å². The second kappa shape index (κ2) is 2.94. The Balaban J connectivity index is 2.38. The van der Waals surface area contributed by atoms with Crippen molar-refractivity contribution in [3.63, 3.8) is 0 Å². The van der Waals surface area contributed by atoms with E-state index in [-0.39, 0.29) is 5.91 Å². The van der Waals surface area contributed by atoms with E-state index in [1.807, 2.05) is 11.5 Å². The summed E-state index contributed by atoms with van der Waals surface area (Å²) in [5.74, 6) is 0.136. The van der Waals surface area contributed by atoms with E-state index < -0.39 is 0 Å². The maximum atomic E-state index is 11.8. The van der Waals surface area contributed by atoms with Gasteiger partial charge in [0.2, 0.25) is 5.91 Å². The van der Waals surface area contributed by atoms with Gasteiger partial charge in [-0.2, -0.15) is 0 Å². The Kier molecular flexibility index (Phi) is 1.70. The Hall–Kier alpha value is -1.61. The Morgan fingerprint density at radius 2 is 2.13 bits per heavy atom. The van der Waals surface area contributed by atoms with Crippen LogP contribution in [0.25, 0.3) is 10.9 Å². The van der Waals surface area contributed by atoms with E-state index >= 15 is 0 Å². The standard InChI is InChI=1S/C12H12N2O/c1-8-2-3-9-5-10-6-13-7-12(15)14(10)11(9)4-8/h2-5,13H,6-7H2,1H3. The molecule has 0 bridgehead atoms. The second-order valence-corrected chi connectivity index (χ2v) is 4.03. The zero-order valence-corrected chi connectivity index (χ0v) is 8.58. The molecule has 1 aliphatic heterocycles. The normalized spacial score (nSPS) is 15.7. The molecule has 0 unspecified atom stereocenters. The lowest BCUT2D eigenvalue weighted by atomic mass is 10.2. The molecule has 0 radical (unpaired) electrons. The largest absolute Gasteiger partial charge is 0.303 e. The van der Waals surface area contributed by atoms with Crippen LogP contribution in [0.4, 0.5) is 0 Å². The van der Waals surface area contributed by atoms with Gasteiger partial charge in [-0.05, 0) is 24.6 Å². The van der Waals surface area contributed by atoms with Crippen molar-refractivity contribution in [3.8, 4) is 0 Å². The molecule has 1 aromatic carbocycles. The Morgan fingerprint density at radius 3 is 3.00 bits per heavy atom. The maximum absolute atomic E-state index is 11.8. The molecule has 3 heteroatoms. The number of rotatable bonds is 0. The first-order valence-corrected chi connectivity index (χ1v) is 5.10. The fourth-order valence-electron chi connectivity index (χ4n) is 2.17. The predicted octanol–water partition coefficient (Wildman–Crippen LogP) is 1.69. The summed E-state index contributed by atoms with van der Waals surface area (Å²) in [6.07, 6.45) is 0. The van der Waals surface area contributed by atoms with E-state index in [9.17, 15) is 4.79 Å². The van der Waals surface area contributed by atoms with Crippen LogP contribution in [0.3, 0.4) is 0 Å². The Morgan fingerprint density at radius 1 is 1.27 bits per heavy atom. The van der Waals surface area contributed by atoms with Crippen LogP contribution in [0.5, 0.6) is 0 Å². The van der Waals surface area contributed by atoms with Gasteiger partial charge in [-0.15, -0.1) is 0 Å². The van der Waals surface area contributed by atoms with Gasteiger partial charge >= 0.3 is 0 Å².